The lowest BCUT2D eigenvalue weighted by Gasteiger charge is -2.23. The molecule has 2 aliphatic rings. The maximum atomic E-state index is 13.0. The molecule has 0 radical (unpaired) electrons. The summed E-state index contributed by atoms with van der Waals surface area (Å²) < 4.78 is 5.88. The lowest BCUT2D eigenvalue weighted by atomic mass is 9.80. The average Bonchev–Trinajstić information content (AvgIpc) is 2.96. The molecule has 2 aromatic carbocycles. The summed E-state index contributed by atoms with van der Waals surface area (Å²) in [4.78, 5) is 13.0. The maximum absolute atomic E-state index is 13.0. The van der Waals surface area contributed by atoms with Crippen molar-refractivity contribution in [2.75, 3.05) is 0 Å². The van der Waals surface area contributed by atoms with Crippen LogP contribution in [0.15, 0.2) is 30.3 Å². The standard InChI is InChI=1S/C26H32O2/c1-16(2)12-20-14-21(26(3,4)5)15-22-23(25(27)28-24(20)22)19-11-10-17-8-6-7-9-18(17)13-19/h10-11,13-16,23H,6-9,12H2,1-5H3. The van der Waals surface area contributed by atoms with Crippen molar-refractivity contribution < 1.29 is 9.53 Å². The molecule has 0 saturated heterocycles. The van der Waals surface area contributed by atoms with E-state index in [1.54, 1.807) is 0 Å². The molecule has 1 aliphatic carbocycles. The summed E-state index contributed by atoms with van der Waals surface area (Å²) in [5.41, 5.74) is 7.50. The normalized spacial score (nSPS) is 18.8. The Morgan fingerprint density at radius 2 is 1.75 bits per heavy atom. The minimum absolute atomic E-state index is 0.0345. The fourth-order valence-electron chi connectivity index (χ4n) is 4.61. The molecule has 0 fully saturated rings. The van der Waals surface area contributed by atoms with E-state index in [0.29, 0.717) is 5.92 Å². The third-order valence-electron chi connectivity index (χ3n) is 6.14. The summed E-state index contributed by atoms with van der Waals surface area (Å²) in [6, 6.07) is 11.1. The summed E-state index contributed by atoms with van der Waals surface area (Å²) in [5, 5.41) is 0. The summed E-state index contributed by atoms with van der Waals surface area (Å²) in [7, 11) is 0. The minimum Gasteiger partial charge on any atom is -0.425 e. The summed E-state index contributed by atoms with van der Waals surface area (Å²) in [6.07, 6.45) is 5.73. The largest absolute Gasteiger partial charge is 0.425 e. The van der Waals surface area contributed by atoms with E-state index < -0.39 is 0 Å². The Bertz CT molecular complexity index is 915. The van der Waals surface area contributed by atoms with Crippen LogP contribution in [-0.4, -0.2) is 5.97 Å². The zero-order chi connectivity index (χ0) is 20.1. The van der Waals surface area contributed by atoms with Crippen LogP contribution in [0.2, 0.25) is 0 Å². The van der Waals surface area contributed by atoms with Gasteiger partial charge in [-0.2, -0.15) is 0 Å². The highest BCUT2D eigenvalue weighted by Gasteiger charge is 2.37. The molecule has 2 nitrogen and oxygen atoms in total. The van der Waals surface area contributed by atoms with Gasteiger partial charge in [-0.1, -0.05) is 65.0 Å². The van der Waals surface area contributed by atoms with Gasteiger partial charge in [-0.15, -0.1) is 0 Å². The van der Waals surface area contributed by atoms with Crippen LogP contribution < -0.4 is 4.74 Å². The van der Waals surface area contributed by atoms with Crippen molar-refractivity contribution in [1.29, 1.82) is 0 Å². The van der Waals surface area contributed by atoms with Gasteiger partial charge >= 0.3 is 5.97 Å². The second-order valence-corrected chi connectivity index (χ2v) is 9.99. The molecular weight excluding hydrogens is 344 g/mol. The molecular formula is C26H32O2. The third-order valence-corrected chi connectivity index (χ3v) is 6.14. The van der Waals surface area contributed by atoms with E-state index >= 15 is 0 Å². The Morgan fingerprint density at radius 1 is 1.04 bits per heavy atom. The SMILES string of the molecule is CC(C)Cc1cc(C(C)(C)C)cc2c1OC(=O)C2c1ccc2c(c1)CCCC2. The van der Waals surface area contributed by atoms with Crippen LogP contribution in [0, 0.1) is 5.92 Å². The van der Waals surface area contributed by atoms with Crippen molar-refractivity contribution in [1.82, 2.24) is 0 Å². The summed E-state index contributed by atoms with van der Waals surface area (Å²) >= 11 is 0. The number of fused-ring (bicyclic) bond motifs is 2. The van der Waals surface area contributed by atoms with Gasteiger partial charge in [0.05, 0.1) is 0 Å². The van der Waals surface area contributed by atoms with E-state index in [1.807, 2.05) is 0 Å². The fourth-order valence-corrected chi connectivity index (χ4v) is 4.61. The first-order chi connectivity index (χ1) is 13.2. The molecule has 2 aromatic rings. The second kappa shape index (κ2) is 7.06. The van der Waals surface area contributed by atoms with Gasteiger partial charge in [-0.3, -0.25) is 4.79 Å². The van der Waals surface area contributed by atoms with Crippen molar-refractivity contribution in [3.05, 3.63) is 63.7 Å². The number of carbonyl (C=O) groups is 1. The van der Waals surface area contributed by atoms with E-state index in [0.717, 1.165) is 36.1 Å². The number of rotatable bonds is 3. The highest BCUT2D eigenvalue weighted by molar-refractivity contribution is 5.90. The van der Waals surface area contributed by atoms with Gasteiger partial charge in [0.25, 0.3) is 0 Å². The van der Waals surface area contributed by atoms with E-state index in [9.17, 15) is 4.79 Å². The Hall–Kier alpha value is -2.09. The van der Waals surface area contributed by atoms with Crippen molar-refractivity contribution in [3.8, 4) is 5.75 Å². The predicted molar refractivity (Wildman–Crippen MR) is 114 cm³/mol. The molecule has 1 unspecified atom stereocenters. The molecule has 28 heavy (non-hydrogen) atoms. The zero-order valence-electron chi connectivity index (χ0n) is 17.9. The van der Waals surface area contributed by atoms with E-state index in [2.05, 4.69) is 65.0 Å². The number of esters is 1. The molecule has 0 bridgehead atoms. The number of ether oxygens (including phenoxy) is 1. The molecule has 4 rings (SSSR count). The highest BCUT2D eigenvalue weighted by Crippen LogP contribution is 2.45. The zero-order valence-corrected chi connectivity index (χ0v) is 17.9. The van der Waals surface area contributed by atoms with Crippen LogP contribution in [0.4, 0.5) is 0 Å². The molecule has 1 atom stereocenters. The van der Waals surface area contributed by atoms with E-state index in [-0.39, 0.29) is 17.3 Å². The fraction of sp³-hybridized carbons (Fsp3) is 0.500. The number of carbonyl (C=O) groups excluding carboxylic acids is 1. The van der Waals surface area contributed by atoms with Gasteiger partial charge in [0.2, 0.25) is 0 Å². The molecule has 0 aromatic heterocycles. The van der Waals surface area contributed by atoms with Gasteiger partial charge in [-0.05, 0) is 71.3 Å². The lowest BCUT2D eigenvalue weighted by Crippen LogP contribution is -2.14. The molecule has 0 spiro atoms. The number of hydrogen-bond donors (Lipinski definition) is 0. The van der Waals surface area contributed by atoms with Gasteiger partial charge in [0.15, 0.2) is 0 Å². The average molecular weight is 377 g/mol. The van der Waals surface area contributed by atoms with Gasteiger partial charge in [0.1, 0.15) is 11.7 Å². The molecule has 1 heterocycles. The van der Waals surface area contributed by atoms with Crippen LogP contribution in [0.5, 0.6) is 5.75 Å². The van der Waals surface area contributed by atoms with Crippen LogP contribution >= 0.6 is 0 Å². The number of benzene rings is 2. The molecule has 2 heteroatoms. The van der Waals surface area contributed by atoms with E-state index in [1.165, 1.54) is 35.1 Å². The van der Waals surface area contributed by atoms with Crippen molar-refractivity contribution in [2.45, 2.75) is 78.1 Å². The molecule has 0 N–H and O–H groups in total. The molecule has 0 saturated carbocycles. The van der Waals surface area contributed by atoms with Crippen LogP contribution in [0.1, 0.15) is 86.8 Å². The third kappa shape index (κ3) is 3.50. The lowest BCUT2D eigenvalue weighted by molar-refractivity contribution is -0.133. The van der Waals surface area contributed by atoms with Crippen molar-refractivity contribution >= 4 is 5.97 Å². The first-order valence-electron chi connectivity index (χ1n) is 10.7. The van der Waals surface area contributed by atoms with Gasteiger partial charge in [0, 0.05) is 5.56 Å². The molecule has 1 aliphatic heterocycles. The van der Waals surface area contributed by atoms with Crippen LogP contribution in [0.25, 0.3) is 0 Å². The van der Waals surface area contributed by atoms with Crippen LogP contribution in [0.3, 0.4) is 0 Å². The Labute approximate surface area is 169 Å². The smallest absolute Gasteiger partial charge is 0.323 e. The summed E-state index contributed by atoms with van der Waals surface area (Å²) in [5.74, 6) is 0.910. The van der Waals surface area contributed by atoms with Crippen molar-refractivity contribution in [3.63, 3.8) is 0 Å². The van der Waals surface area contributed by atoms with Gasteiger partial charge < -0.3 is 4.74 Å². The Balaban J connectivity index is 1.84. The topological polar surface area (TPSA) is 26.3 Å². The number of aryl methyl sites for hydroxylation is 2. The number of hydrogen-bond acceptors (Lipinski definition) is 2. The second-order valence-electron chi connectivity index (χ2n) is 9.99. The summed E-state index contributed by atoms with van der Waals surface area (Å²) in [6.45, 7) is 11.1. The quantitative estimate of drug-likeness (QED) is 0.477. The Morgan fingerprint density at radius 3 is 2.43 bits per heavy atom. The highest BCUT2D eigenvalue weighted by atomic mass is 16.5. The van der Waals surface area contributed by atoms with Crippen molar-refractivity contribution in [2.24, 2.45) is 5.92 Å². The Kier molecular flexibility index (Phi) is 4.85. The molecule has 148 valence electrons. The predicted octanol–water partition coefficient (Wildman–Crippen LogP) is 6.11. The first-order valence-corrected chi connectivity index (χ1v) is 10.7. The molecule has 0 amide bonds. The van der Waals surface area contributed by atoms with Gasteiger partial charge in [-0.25, -0.2) is 0 Å². The first kappa shape index (κ1) is 19.2. The van der Waals surface area contributed by atoms with Crippen LogP contribution in [-0.2, 0) is 29.5 Å². The monoisotopic (exact) mass is 376 g/mol. The van der Waals surface area contributed by atoms with E-state index in [4.69, 9.17) is 4.74 Å². The minimum atomic E-state index is -0.296. The maximum Gasteiger partial charge on any atom is 0.323 e.